The molecule has 2 amide bonds. The Morgan fingerprint density at radius 3 is 2.33 bits per heavy atom. The van der Waals surface area contributed by atoms with Crippen LogP contribution in [0.3, 0.4) is 0 Å². The van der Waals surface area contributed by atoms with Gasteiger partial charge in [0.05, 0.1) is 10.6 Å². The minimum Gasteiger partial charge on any atom is -0.354 e. The van der Waals surface area contributed by atoms with Crippen LogP contribution in [-0.4, -0.2) is 44.3 Å². The van der Waals surface area contributed by atoms with Crippen molar-refractivity contribution in [2.75, 3.05) is 17.4 Å². The van der Waals surface area contributed by atoms with Gasteiger partial charge in [-0.2, -0.15) is 0 Å². The van der Waals surface area contributed by atoms with E-state index in [0.29, 0.717) is 22.8 Å². The highest BCUT2D eigenvalue weighted by Gasteiger charge is 2.33. The van der Waals surface area contributed by atoms with Crippen molar-refractivity contribution in [3.63, 3.8) is 0 Å². The summed E-state index contributed by atoms with van der Waals surface area (Å²) < 4.78 is 29.8. The summed E-state index contributed by atoms with van der Waals surface area (Å²) in [6, 6.07) is 17.9. The van der Waals surface area contributed by atoms with Crippen LogP contribution in [0.4, 0.5) is 5.69 Å². The number of carbonyl (C=O) groups excluding carboxylic acids is 2. The zero-order valence-electron chi connectivity index (χ0n) is 22.4. The summed E-state index contributed by atoms with van der Waals surface area (Å²) in [6.07, 6.45) is 0.746. The average molecular weight is 635 g/mol. The third kappa shape index (κ3) is 7.84. The average Bonchev–Trinajstić information content (AvgIpc) is 2.89. The van der Waals surface area contributed by atoms with Gasteiger partial charge >= 0.3 is 0 Å². The first kappa shape index (κ1) is 30.7. The lowest BCUT2D eigenvalue weighted by molar-refractivity contribution is -0.139. The lowest BCUT2D eigenvalue weighted by Crippen LogP contribution is -2.51. The molecule has 0 bridgehead atoms. The van der Waals surface area contributed by atoms with Crippen molar-refractivity contribution in [2.45, 2.75) is 51.6 Å². The number of nitrogens with zero attached hydrogens (tertiary/aromatic N) is 2. The van der Waals surface area contributed by atoms with Crippen molar-refractivity contribution in [3.05, 3.63) is 92.9 Å². The highest BCUT2D eigenvalue weighted by Crippen LogP contribution is 2.29. The van der Waals surface area contributed by atoms with Gasteiger partial charge in [0.2, 0.25) is 11.8 Å². The van der Waals surface area contributed by atoms with Crippen molar-refractivity contribution < 1.29 is 18.0 Å². The van der Waals surface area contributed by atoms with Crippen LogP contribution in [-0.2, 0) is 26.2 Å². The Morgan fingerprint density at radius 1 is 1.03 bits per heavy atom. The van der Waals surface area contributed by atoms with E-state index in [1.165, 1.54) is 17.0 Å². The Hall–Kier alpha value is -2.88. The number of anilines is 1. The van der Waals surface area contributed by atoms with E-state index < -0.39 is 28.5 Å². The zero-order valence-corrected chi connectivity index (χ0v) is 25.6. The molecule has 208 valence electrons. The summed E-state index contributed by atoms with van der Waals surface area (Å²) in [5.74, 6) is -0.824. The van der Waals surface area contributed by atoms with Gasteiger partial charge in [0.15, 0.2) is 0 Å². The fourth-order valence-corrected chi connectivity index (χ4v) is 6.21. The minimum atomic E-state index is -4.14. The molecule has 1 atom stereocenters. The van der Waals surface area contributed by atoms with Crippen LogP contribution < -0.4 is 9.62 Å². The normalized spacial score (nSPS) is 12.1. The molecule has 0 unspecified atom stereocenters. The molecular formula is C29H33BrClN3O4S. The molecule has 0 saturated heterocycles. The third-order valence-corrected chi connectivity index (χ3v) is 8.78. The molecule has 0 aliphatic rings. The number of rotatable bonds is 11. The quantitative estimate of drug-likeness (QED) is 0.286. The first-order chi connectivity index (χ1) is 18.4. The number of sulfonamides is 1. The van der Waals surface area contributed by atoms with E-state index in [-0.39, 0.29) is 17.3 Å². The van der Waals surface area contributed by atoms with Crippen molar-refractivity contribution in [1.29, 1.82) is 0 Å². The molecule has 0 fully saturated rings. The first-order valence-electron chi connectivity index (χ1n) is 12.6. The van der Waals surface area contributed by atoms with E-state index in [4.69, 9.17) is 11.6 Å². The maximum Gasteiger partial charge on any atom is 0.264 e. The smallest absolute Gasteiger partial charge is 0.264 e. The largest absolute Gasteiger partial charge is 0.354 e. The summed E-state index contributed by atoms with van der Waals surface area (Å²) in [6.45, 7) is 7.29. The summed E-state index contributed by atoms with van der Waals surface area (Å²) >= 11 is 9.61. The Kier molecular flexibility index (Phi) is 10.6. The molecular weight excluding hydrogens is 602 g/mol. The maximum absolute atomic E-state index is 13.9. The molecule has 0 aliphatic heterocycles. The van der Waals surface area contributed by atoms with Crippen LogP contribution in [0.2, 0.25) is 5.02 Å². The molecule has 1 N–H and O–H groups in total. The lowest BCUT2D eigenvalue weighted by Gasteiger charge is -2.32. The fraction of sp³-hybridized carbons (Fsp3) is 0.310. The van der Waals surface area contributed by atoms with E-state index in [1.807, 2.05) is 38.1 Å². The number of nitrogens with one attached hydrogen (secondary N) is 1. The summed E-state index contributed by atoms with van der Waals surface area (Å²) in [5.41, 5.74) is 2.63. The number of hydrogen-bond donors (Lipinski definition) is 1. The SMILES string of the molecule is CCCNC(=O)[C@@H](C)N(Cc1cccc(Br)c1)C(=O)CN(c1ccc(Cl)cc1C)S(=O)(=O)c1ccc(C)cc1. The van der Waals surface area contributed by atoms with Crippen molar-refractivity contribution in [1.82, 2.24) is 10.2 Å². The molecule has 0 heterocycles. The van der Waals surface area contributed by atoms with Crippen LogP contribution in [0, 0.1) is 13.8 Å². The van der Waals surface area contributed by atoms with Crippen LogP contribution in [0.1, 0.15) is 37.0 Å². The number of benzene rings is 3. The molecule has 3 aromatic rings. The molecule has 3 aromatic carbocycles. The van der Waals surface area contributed by atoms with Gasteiger partial charge in [-0.05, 0) is 80.8 Å². The zero-order chi connectivity index (χ0) is 28.7. The predicted octanol–water partition coefficient (Wildman–Crippen LogP) is 5.86. The molecule has 39 heavy (non-hydrogen) atoms. The van der Waals surface area contributed by atoms with Gasteiger partial charge in [0, 0.05) is 22.6 Å². The number of amides is 2. The van der Waals surface area contributed by atoms with Gasteiger partial charge in [0.25, 0.3) is 10.0 Å². The molecule has 0 aromatic heterocycles. The Bertz CT molecular complexity index is 1430. The summed E-state index contributed by atoms with van der Waals surface area (Å²) in [4.78, 5) is 28.4. The Labute approximate surface area is 244 Å². The topological polar surface area (TPSA) is 86.8 Å². The van der Waals surface area contributed by atoms with E-state index in [1.54, 1.807) is 44.2 Å². The number of aryl methyl sites for hydroxylation is 2. The summed E-state index contributed by atoms with van der Waals surface area (Å²) in [7, 11) is -4.14. The molecule has 0 radical (unpaired) electrons. The predicted molar refractivity (Wildman–Crippen MR) is 159 cm³/mol. The van der Waals surface area contributed by atoms with Gasteiger partial charge in [-0.1, -0.05) is 64.3 Å². The number of hydrogen-bond acceptors (Lipinski definition) is 4. The highest BCUT2D eigenvalue weighted by molar-refractivity contribution is 9.10. The van der Waals surface area contributed by atoms with E-state index in [9.17, 15) is 18.0 Å². The third-order valence-electron chi connectivity index (χ3n) is 6.27. The van der Waals surface area contributed by atoms with Crippen molar-refractivity contribution in [3.8, 4) is 0 Å². The van der Waals surface area contributed by atoms with E-state index in [2.05, 4.69) is 21.2 Å². The Morgan fingerprint density at radius 2 is 1.72 bits per heavy atom. The van der Waals surface area contributed by atoms with Crippen molar-refractivity contribution >= 4 is 55.1 Å². The van der Waals surface area contributed by atoms with Crippen LogP contribution in [0.25, 0.3) is 0 Å². The molecule has 0 spiro atoms. The van der Waals surface area contributed by atoms with Gasteiger partial charge in [0.1, 0.15) is 12.6 Å². The fourth-order valence-electron chi connectivity index (χ4n) is 4.06. The molecule has 7 nitrogen and oxygen atoms in total. The van der Waals surface area contributed by atoms with E-state index >= 15 is 0 Å². The summed E-state index contributed by atoms with van der Waals surface area (Å²) in [5, 5.41) is 3.29. The maximum atomic E-state index is 13.9. The molecule has 3 rings (SSSR count). The minimum absolute atomic E-state index is 0.0579. The second kappa shape index (κ2) is 13.5. The number of carbonyl (C=O) groups is 2. The van der Waals surface area contributed by atoms with Gasteiger partial charge in [-0.15, -0.1) is 0 Å². The van der Waals surface area contributed by atoms with Gasteiger partial charge in [-0.25, -0.2) is 8.42 Å². The standard InChI is InChI=1S/C29H33BrClN3O4S/c1-5-15-32-29(36)22(4)33(18-23-7-6-8-24(30)17-23)28(35)19-34(27-14-11-25(31)16-21(27)3)39(37,38)26-12-9-20(2)10-13-26/h6-14,16-17,22H,5,15,18-19H2,1-4H3,(H,32,36)/t22-/m1/s1. The van der Waals surface area contributed by atoms with Crippen molar-refractivity contribution in [2.24, 2.45) is 0 Å². The second-order valence-electron chi connectivity index (χ2n) is 9.37. The number of halogens is 2. The van der Waals surface area contributed by atoms with Crippen LogP contribution in [0.5, 0.6) is 0 Å². The van der Waals surface area contributed by atoms with Gasteiger partial charge < -0.3 is 10.2 Å². The molecule has 10 heteroatoms. The van der Waals surface area contributed by atoms with Gasteiger partial charge in [-0.3, -0.25) is 13.9 Å². The molecule has 0 aliphatic carbocycles. The highest BCUT2D eigenvalue weighted by atomic mass is 79.9. The lowest BCUT2D eigenvalue weighted by atomic mass is 10.1. The monoisotopic (exact) mass is 633 g/mol. The van der Waals surface area contributed by atoms with E-state index in [0.717, 1.165) is 26.3 Å². The second-order valence-corrected chi connectivity index (χ2v) is 12.6. The Balaban J connectivity index is 2.05. The molecule has 0 saturated carbocycles. The first-order valence-corrected chi connectivity index (χ1v) is 15.2. The van der Waals surface area contributed by atoms with Crippen LogP contribution >= 0.6 is 27.5 Å². The van der Waals surface area contributed by atoms with Crippen LogP contribution in [0.15, 0.2) is 76.1 Å².